The summed E-state index contributed by atoms with van der Waals surface area (Å²) in [6, 6.07) is 0. The van der Waals surface area contributed by atoms with Crippen molar-refractivity contribution in [2.45, 2.75) is 53.1 Å². The van der Waals surface area contributed by atoms with Gasteiger partial charge in [0.1, 0.15) is 0 Å². The van der Waals surface area contributed by atoms with Crippen molar-refractivity contribution in [1.29, 1.82) is 0 Å². The summed E-state index contributed by atoms with van der Waals surface area (Å²) in [6.45, 7) is 9.64. The topological polar surface area (TPSA) is 9.23 Å². The van der Waals surface area contributed by atoms with E-state index in [9.17, 15) is 0 Å². The summed E-state index contributed by atoms with van der Waals surface area (Å²) >= 11 is 0. The van der Waals surface area contributed by atoms with Gasteiger partial charge in [0.2, 0.25) is 0 Å². The van der Waals surface area contributed by atoms with E-state index in [1.54, 1.807) is 0 Å². The van der Waals surface area contributed by atoms with Crippen molar-refractivity contribution in [3.05, 3.63) is 0 Å². The van der Waals surface area contributed by atoms with E-state index in [-0.39, 0.29) is 0 Å². The van der Waals surface area contributed by atoms with Gasteiger partial charge in [-0.3, -0.25) is 0 Å². The molecule has 0 radical (unpaired) electrons. The smallest absolute Gasteiger partial charge is 0.0518 e. The van der Waals surface area contributed by atoms with E-state index in [2.05, 4.69) is 27.7 Å². The van der Waals surface area contributed by atoms with Gasteiger partial charge < -0.3 is 4.74 Å². The summed E-state index contributed by atoms with van der Waals surface area (Å²) in [6.07, 6.45) is 4.24. The number of hydrogen-bond donors (Lipinski definition) is 0. The molecule has 0 aliphatic heterocycles. The van der Waals surface area contributed by atoms with E-state index in [0.29, 0.717) is 6.10 Å². The molecule has 1 nitrogen and oxygen atoms in total. The van der Waals surface area contributed by atoms with Crippen molar-refractivity contribution in [3.63, 3.8) is 0 Å². The van der Waals surface area contributed by atoms with Crippen molar-refractivity contribution < 1.29 is 4.74 Å². The van der Waals surface area contributed by atoms with Gasteiger partial charge in [-0.1, -0.05) is 26.7 Å². The van der Waals surface area contributed by atoms with Crippen LogP contribution in [0.5, 0.6) is 0 Å². The van der Waals surface area contributed by atoms with E-state index in [1.807, 2.05) is 0 Å². The van der Waals surface area contributed by atoms with Crippen LogP contribution >= 0.6 is 0 Å². The van der Waals surface area contributed by atoms with Gasteiger partial charge >= 0.3 is 0 Å². The van der Waals surface area contributed by atoms with Crippen LogP contribution in [0.15, 0.2) is 0 Å². The van der Waals surface area contributed by atoms with Gasteiger partial charge in [-0.15, -0.1) is 0 Å². The zero-order valence-electron chi connectivity index (χ0n) is 8.39. The second-order valence-corrected chi connectivity index (χ2v) is 3.60. The van der Waals surface area contributed by atoms with Crippen molar-refractivity contribution in [3.8, 4) is 0 Å². The largest absolute Gasteiger partial charge is 0.379 e. The Balaban J connectivity index is 3.10. The fourth-order valence-electron chi connectivity index (χ4n) is 1.14. The van der Waals surface area contributed by atoms with Crippen LogP contribution in [0.4, 0.5) is 0 Å². The first kappa shape index (κ1) is 11.0. The Morgan fingerprint density at radius 3 is 2.18 bits per heavy atom. The molecule has 1 unspecified atom stereocenters. The minimum Gasteiger partial charge on any atom is -0.379 e. The Labute approximate surface area is 71.1 Å². The number of ether oxygens (including phenoxy) is 1. The molecule has 0 fully saturated rings. The molecule has 0 aliphatic carbocycles. The van der Waals surface area contributed by atoms with Crippen molar-refractivity contribution in [1.82, 2.24) is 0 Å². The highest BCUT2D eigenvalue weighted by Crippen LogP contribution is 2.09. The van der Waals surface area contributed by atoms with Crippen LogP contribution in [0.2, 0.25) is 0 Å². The van der Waals surface area contributed by atoms with Crippen LogP contribution < -0.4 is 0 Å². The zero-order valence-corrected chi connectivity index (χ0v) is 8.39. The lowest BCUT2D eigenvalue weighted by molar-refractivity contribution is 0.0690. The Morgan fingerprint density at radius 2 is 1.73 bits per heavy atom. The van der Waals surface area contributed by atoms with Crippen LogP contribution in [0.1, 0.15) is 47.0 Å². The zero-order chi connectivity index (χ0) is 8.69. The van der Waals surface area contributed by atoms with Gasteiger partial charge in [-0.25, -0.2) is 0 Å². The first-order valence-electron chi connectivity index (χ1n) is 4.78. The molecule has 0 aliphatic rings. The Hall–Kier alpha value is -0.0400. The van der Waals surface area contributed by atoms with Gasteiger partial charge in [0.15, 0.2) is 0 Å². The quantitative estimate of drug-likeness (QED) is 0.576. The van der Waals surface area contributed by atoms with Gasteiger partial charge in [0.05, 0.1) is 6.10 Å². The lowest BCUT2D eigenvalue weighted by Crippen LogP contribution is -2.07. The average Bonchev–Trinajstić information content (AvgIpc) is 1.87. The predicted molar refractivity (Wildman–Crippen MR) is 49.8 cm³/mol. The molecule has 0 saturated carbocycles. The monoisotopic (exact) mass is 158 g/mol. The maximum atomic E-state index is 5.46. The van der Waals surface area contributed by atoms with E-state index in [1.165, 1.54) is 19.3 Å². The van der Waals surface area contributed by atoms with Crippen LogP contribution in [-0.4, -0.2) is 12.7 Å². The fraction of sp³-hybridized carbons (Fsp3) is 1.00. The molecule has 0 bridgehead atoms. The third-order valence-electron chi connectivity index (χ3n) is 1.84. The molecule has 0 aromatic rings. The highest BCUT2D eigenvalue weighted by atomic mass is 16.5. The Bertz CT molecular complexity index is 78.9. The highest BCUT2D eigenvalue weighted by Gasteiger charge is 2.00. The minimum absolute atomic E-state index is 0.392. The predicted octanol–water partition coefficient (Wildman–Crippen LogP) is 3.24. The average molecular weight is 158 g/mol. The van der Waals surface area contributed by atoms with Crippen LogP contribution in [-0.2, 0) is 4.74 Å². The second kappa shape index (κ2) is 6.66. The molecule has 0 heterocycles. The summed E-state index contributed by atoms with van der Waals surface area (Å²) < 4.78 is 5.46. The third kappa shape index (κ3) is 7.86. The van der Waals surface area contributed by atoms with Gasteiger partial charge in [-0.05, 0) is 26.2 Å². The standard InChI is InChI=1S/C10H22O/c1-5-6-10(4)7-8-11-9(2)3/h9-10H,5-8H2,1-4H3. The summed E-state index contributed by atoms with van der Waals surface area (Å²) in [5.41, 5.74) is 0. The molecule has 1 atom stereocenters. The molecular weight excluding hydrogens is 136 g/mol. The second-order valence-electron chi connectivity index (χ2n) is 3.60. The molecule has 0 saturated heterocycles. The molecule has 0 aromatic carbocycles. The van der Waals surface area contributed by atoms with Crippen LogP contribution in [0.3, 0.4) is 0 Å². The molecule has 0 spiro atoms. The fourth-order valence-corrected chi connectivity index (χ4v) is 1.14. The van der Waals surface area contributed by atoms with Crippen molar-refractivity contribution in [2.24, 2.45) is 5.92 Å². The molecule has 0 rings (SSSR count). The SMILES string of the molecule is CCCC(C)CCOC(C)C. The number of rotatable bonds is 6. The number of hydrogen-bond acceptors (Lipinski definition) is 1. The van der Waals surface area contributed by atoms with Crippen LogP contribution in [0.25, 0.3) is 0 Å². The molecule has 68 valence electrons. The van der Waals surface area contributed by atoms with Gasteiger partial charge in [0.25, 0.3) is 0 Å². The first-order valence-corrected chi connectivity index (χ1v) is 4.78. The summed E-state index contributed by atoms with van der Waals surface area (Å²) in [5.74, 6) is 0.832. The summed E-state index contributed by atoms with van der Waals surface area (Å²) in [4.78, 5) is 0. The van der Waals surface area contributed by atoms with E-state index in [0.717, 1.165) is 12.5 Å². The molecule has 11 heavy (non-hydrogen) atoms. The summed E-state index contributed by atoms with van der Waals surface area (Å²) in [7, 11) is 0. The lowest BCUT2D eigenvalue weighted by atomic mass is 10.0. The highest BCUT2D eigenvalue weighted by molar-refractivity contribution is 4.51. The Kier molecular flexibility index (Phi) is 6.63. The molecule has 1 heteroatoms. The molecule has 0 amide bonds. The minimum atomic E-state index is 0.392. The molecule has 0 N–H and O–H groups in total. The normalized spacial score (nSPS) is 13.9. The first-order chi connectivity index (χ1) is 5.16. The maximum absolute atomic E-state index is 5.46. The van der Waals surface area contributed by atoms with E-state index in [4.69, 9.17) is 4.74 Å². The van der Waals surface area contributed by atoms with E-state index >= 15 is 0 Å². The Morgan fingerprint density at radius 1 is 1.09 bits per heavy atom. The van der Waals surface area contributed by atoms with E-state index < -0.39 is 0 Å². The molecular formula is C10H22O. The van der Waals surface area contributed by atoms with Crippen molar-refractivity contribution >= 4 is 0 Å². The van der Waals surface area contributed by atoms with Crippen molar-refractivity contribution in [2.75, 3.05) is 6.61 Å². The van der Waals surface area contributed by atoms with Crippen LogP contribution in [0, 0.1) is 5.92 Å². The third-order valence-corrected chi connectivity index (χ3v) is 1.84. The van der Waals surface area contributed by atoms with Gasteiger partial charge in [0, 0.05) is 6.61 Å². The molecule has 0 aromatic heterocycles. The summed E-state index contributed by atoms with van der Waals surface area (Å²) in [5, 5.41) is 0. The lowest BCUT2D eigenvalue weighted by Gasteiger charge is -2.11. The maximum Gasteiger partial charge on any atom is 0.0518 e. The van der Waals surface area contributed by atoms with Gasteiger partial charge in [-0.2, -0.15) is 0 Å².